The smallest absolute Gasteiger partial charge is 0.0297 e. The molecule has 1 aromatic carbocycles. The van der Waals surface area contributed by atoms with Crippen LogP contribution in [0.5, 0.6) is 0 Å². The molecule has 1 fully saturated rings. The second kappa shape index (κ2) is 5.01. The van der Waals surface area contributed by atoms with E-state index in [0.29, 0.717) is 5.92 Å². The second-order valence-electron chi connectivity index (χ2n) is 5.53. The summed E-state index contributed by atoms with van der Waals surface area (Å²) in [6.45, 7) is 4.45. The number of hydrogen-bond acceptors (Lipinski definition) is 1. The fourth-order valence-corrected chi connectivity index (χ4v) is 2.40. The number of hydrogen-bond donors (Lipinski definition) is 1. The van der Waals surface area contributed by atoms with Gasteiger partial charge >= 0.3 is 0 Å². The minimum absolute atomic E-state index is 0.204. The van der Waals surface area contributed by atoms with E-state index in [4.69, 9.17) is 5.73 Å². The summed E-state index contributed by atoms with van der Waals surface area (Å²) in [6.07, 6.45) is 5.22. The summed E-state index contributed by atoms with van der Waals surface area (Å²) in [5, 5.41) is 0. The molecule has 1 saturated carbocycles. The summed E-state index contributed by atoms with van der Waals surface area (Å²) >= 11 is 0. The third-order valence-electron chi connectivity index (χ3n) is 3.67. The predicted molar refractivity (Wildman–Crippen MR) is 69.4 cm³/mol. The molecule has 0 bridgehead atoms. The van der Waals surface area contributed by atoms with E-state index in [2.05, 4.69) is 38.1 Å². The Morgan fingerprint density at radius 3 is 2.25 bits per heavy atom. The lowest BCUT2D eigenvalue weighted by molar-refractivity contribution is 0.419. The first-order valence-electron chi connectivity index (χ1n) is 6.52. The quantitative estimate of drug-likeness (QED) is 0.810. The normalized spacial score (nSPS) is 18.5. The van der Waals surface area contributed by atoms with Crippen LogP contribution in [0, 0.1) is 5.92 Å². The Bertz CT molecular complexity index is 322. The Labute approximate surface area is 99.0 Å². The number of nitrogens with two attached hydrogens (primary N) is 1. The average Bonchev–Trinajstić information content (AvgIpc) is 2.15. The van der Waals surface area contributed by atoms with Crippen LogP contribution in [0.25, 0.3) is 0 Å². The second-order valence-corrected chi connectivity index (χ2v) is 5.53. The maximum Gasteiger partial charge on any atom is 0.0297 e. The zero-order valence-corrected chi connectivity index (χ0v) is 10.4. The minimum atomic E-state index is 0.204. The van der Waals surface area contributed by atoms with Gasteiger partial charge in [-0.05, 0) is 42.2 Å². The van der Waals surface area contributed by atoms with Crippen molar-refractivity contribution in [3.8, 4) is 0 Å². The first kappa shape index (κ1) is 11.7. The molecular formula is C15H23N. The van der Waals surface area contributed by atoms with Gasteiger partial charge in [0, 0.05) is 6.04 Å². The van der Waals surface area contributed by atoms with E-state index in [1.165, 1.54) is 30.4 Å². The van der Waals surface area contributed by atoms with Gasteiger partial charge in [0.2, 0.25) is 0 Å². The first-order chi connectivity index (χ1) is 7.66. The summed E-state index contributed by atoms with van der Waals surface area (Å²) < 4.78 is 0. The van der Waals surface area contributed by atoms with Crippen LogP contribution < -0.4 is 5.73 Å². The maximum absolute atomic E-state index is 6.17. The Kier molecular flexibility index (Phi) is 3.65. The summed E-state index contributed by atoms with van der Waals surface area (Å²) in [5.74, 6) is 1.50. The summed E-state index contributed by atoms with van der Waals surface area (Å²) in [5.41, 5.74) is 8.96. The van der Waals surface area contributed by atoms with Crippen molar-refractivity contribution in [2.24, 2.45) is 11.7 Å². The van der Waals surface area contributed by atoms with Crippen molar-refractivity contribution in [1.82, 2.24) is 0 Å². The van der Waals surface area contributed by atoms with Crippen molar-refractivity contribution in [3.63, 3.8) is 0 Å². The van der Waals surface area contributed by atoms with Gasteiger partial charge in [-0.25, -0.2) is 0 Å². The van der Waals surface area contributed by atoms with Crippen LogP contribution in [-0.4, -0.2) is 0 Å². The summed E-state index contributed by atoms with van der Waals surface area (Å²) in [4.78, 5) is 0. The minimum Gasteiger partial charge on any atom is -0.324 e. The van der Waals surface area contributed by atoms with Crippen molar-refractivity contribution in [2.45, 2.75) is 51.5 Å². The Balaban J connectivity index is 2.00. The van der Waals surface area contributed by atoms with Gasteiger partial charge in [0.25, 0.3) is 0 Å². The zero-order valence-electron chi connectivity index (χ0n) is 10.4. The van der Waals surface area contributed by atoms with Crippen molar-refractivity contribution in [1.29, 1.82) is 0 Å². The predicted octanol–water partition coefficient (Wildman–Crippen LogP) is 4.00. The monoisotopic (exact) mass is 217 g/mol. The summed E-state index contributed by atoms with van der Waals surface area (Å²) in [6, 6.07) is 9.20. The van der Waals surface area contributed by atoms with Gasteiger partial charge in [0.05, 0.1) is 0 Å². The van der Waals surface area contributed by atoms with Crippen molar-refractivity contribution in [2.75, 3.05) is 0 Å². The van der Waals surface area contributed by atoms with Crippen molar-refractivity contribution in [3.05, 3.63) is 35.4 Å². The van der Waals surface area contributed by atoms with Crippen LogP contribution >= 0.6 is 0 Å². The lowest BCUT2D eigenvalue weighted by Crippen LogP contribution is -2.13. The highest BCUT2D eigenvalue weighted by molar-refractivity contribution is 5.28. The largest absolute Gasteiger partial charge is 0.324 e. The van der Waals surface area contributed by atoms with E-state index >= 15 is 0 Å². The van der Waals surface area contributed by atoms with Crippen molar-refractivity contribution >= 4 is 0 Å². The van der Waals surface area contributed by atoms with Gasteiger partial charge < -0.3 is 5.73 Å². The van der Waals surface area contributed by atoms with Crippen LogP contribution in [0.2, 0.25) is 0 Å². The molecule has 1 heteroatoms. The molecule has 1 unspecified atom stereocenters. The average molecular weight is 217 g/mol. The topological polar surface area (TPSA) is 26.0 Å². The molecule has 2 N–H and O–H groups in total. The van der Waals surface area contributed by atoms with Gasteiger partial charge in [-0.3, -0.25) is 0 Å². The van der Waals surface area contributed by atoms with Crippen LogP contribution in [0.4, 0.5) is 0 Å². The molecule has 1 aliphatic rings. The van der Waals surface area contributed by atoms with Gasteiger partial charge in [-0.1, -0.05) is 44.5 Å². The highest BCUT2D eigenvalue weighted by Gasteiger charge is 2.19. The molecular weight excluding hydrogens is 194 g/mol. The fourth-order valence-electron chi connectivity index (χ4n) is 2.40. The molecule has 1 aromatic rings. The van der Waals surface area contributed by atoms with Gasteiger partial charge in [-0.15, -0.1) is 0 Å². The highest BCUT2D eigenvalue weighted by atomic mass is 14.6. The Morgan fingerprint density at radius 1 is 1.19 bits per heavy atom. The molecule has 0 saturated heterocycles. The van der Waals surface area contributed by atoms with E-state index in [-0.39, 0.29) is 6.04 Å². The van der Waals surface area contributed by atoms with E-state index in [1.807, 2.05) is 0 Å². The van der Waals surface area contributed by atoms with Crippen LogP contribution in [0.15, 0.2) is 24.3 Å². The molecule has 0 heterocycles. The molecule has 16 heavy (non-hydrogen) atoms. The third kappa shape index (κ3) is 2.65. The van der Waals surface area contributed by atoms with Crippen LogP contribution in [0.3, 0.4) is 0 Å². The van der Waals surface area contributed by atoms with Gasteiger partial charge in [0.1, 0.15) is 0 Å². The third-order valence-corrected chi connectivity index (χ3v) is 3.67. The lowest BCUT2D eigenvalue weighted by Gasteiger charge is -2.26. The molecule has 88 valence electrons. The lowest BCUT2D eigenvalue weighted by atomic mass is 9.79. The molecule has 1 aliphatic carbocycles. The SMILES string of the molecule is CC(C)CC(N)c1ccc(C2CCC2)cc1. The maximum atomic E-state index is 6.17. The highest BCUT2D eigenvalue weighted by Crippen LogP contribution is 2.36. The molecule has 0 amide bonds. The van der Waals surface area contributed by atoms with Crippen LogP contribution in [0.1, 0.15) is 62.6 Å². The van der Waals surface area contributed by atoms with Gasteiger partial charge in [-0.2, -0.15) is 0 Å². The number of rotatable bonds is 4. The van der Waals surface area contributed by atoms with E-state index in [1.54, 1.807) is 0 Å². The van der Waals surface area contributed by atoms with E-state index in [0.717, 1.165) is 12.3 Å². The number of benzene rings is 1. The Hall–Kier alpha value is -0.820. The first-order valence-corrected chi connectivity index (χ1v) is 6.52. The fraction of sp³-hybridized carbons (Fsp3) is 0.600. The zero-order chi connectivity index (χ0) is 11.5. The van der Waals surface area contributed by atoms with E-state index in [9.17, 15) is 0 Å². The molecule has 0 aromatic heterocycles. The van der Waals surface area contributed by atoms with Gasteiger partial charge in [0.15, 0.2) is 0 Å². The standard InChI is InChI=1S/C15H23N/c1-11(2)10-15(16)14-8-6-13(7-9-14)12-4-3-5-12/h6-9,11-12,15H,3-5,10,16H2,1-2H3. The molecule has 2 rings (SSSR count). The molecule has 1 atom stereocenters. The molecule has 0 aliphatic heterocycles. The molecule has 1 nitrogen and oxygen atoms in total. The Morgan fingerprint density at radius 2 is 1.81 bits per heavy atom. The molecule has 0 radical (unpaired) electrons. The van der Waals surface area contributed by atoms with Crippen LogP contribution in [-0.2, 0) is 0 Å². The van der Waals surface area contributed by atoms with Crippen molar-refractivity contribution < 1.29 is 0 Å². The summed E-state index contributed by atoms with van der Waals surface area (Å²) in [7, 11) is 0. The molecule has 0 spiro atoms. The van der Waals surface area contributed by atoms with E-state index < -0.39 is 0 Å².